The zero-order valence-corrected chi connectivity index (χ0v) is 7.13. The molecule has 1 aromatic heterocycles. The van der Waals surface area contributed by atoms with E-state index in [2.05, 4.69) is 26.2 Å². The first-order valence-electron chi connectivity index (χ1n) is 3.09. The minimum absolute atomic E-state index is 0.829. The van der Waals surface area contributed by atoms with Gasteiger partial charge >= 0.3 is 0 Å². The molecule has 1 rings (SSSR count). The highest BCUT2D eigenvalue weighted by atomic mass is 79.9. The van der Waals surface area contributed by atoms with Gasteiger partial charge in [-0.25, -0.2) is 0 Å². The fourth-order valence-electron chi connectivity index (χ4n) is 0.692. The molecule has 0 aromatic carbocycles. The Labute approximate surface area is 68.8 Å². The molecule has 0 fully saturated rings. The van der Waals surface area contributed by atoms with Gasteiger partial charge in [-0.2, -0.15) is 0 Å². The summed E-state index contributed by atoms with van der Waals surface area (Å²) >= 11 is 3.28. The molecule has 10 heavy (non-hydrogen) atoms. The molecule has 0 saturated carbocycles. The van der Waals surface area contributed by atoms with Crippen molar-refractivity contribution >= 4 is 15.9 Å². The molecule has 0 atom stereocenters. The quantitative estimate of drug-likeness (QED) is 0.592. The smallest absolute Gasteiger partial charge is 0.0519 e. The second-order valence-electron chi connectivity index (χ2n) is 1.92. The molecule has 0 saturated heterocycles. The van der Waals surface area contributed by atoms with Gasteiger partial charge in [0.05, 0.1) is 5.45 Å². The third kappa shape index (κ3) is 2.45. The standard InChI is InChI=1S/C7H9BrN2/c8-6-10-5-7-1-3-9-4-2-7/h1-4,10H,5-6H2. The molecule has 0 aliphatic carbocycles. The van der Waals surface area contributed by atoms with Crippen molar-refractivity contribution in [3.05, 3.63) is 30.1 Å². The second-order valence-corrected chi connectivity index (χ2v) is 2.48. The Balaban J connectivity index is 2.43. The number of hydrogen-bond donors (Lipinski definition) is 1. The number of halogens is 1. The Kier molecular flexibility index (Phi) is 3.40. The topological polar surface area (TPSA) is 24.9 Å². The Morgan fingerprint density at radius 2 is 2.10 bits per heavy atom. The van der Waals surface area contributed by atoms with Crippen LogP contribution in [0.15, 0.2) is 24.5 Å². The van der Waals surface area contributed by atoms with Crippen LogP contribution in [-0.2, 0) is 6.54 Å². The second kappa shape index (κ2) is 4.41. The molecule has 0 radical (unpaired) electrons. The number of hydrogen-bond acceptors (Lipinski definition) is 2. The molecule has 0 unspecified atom stereocenters. The lowest BCUT2D eigenvalue weighted by Gasteiger charge is -1.98. The maximum Gasteiger partial charge on any atom is 0.0519 e. The molecule has 0 amide bonds. The van der Waals surface area contributed by atoms with Crippen molar-refractivity contribution in [3.63, 3.8) is 0 Å². The zero-order valence-electron chi connectivity index (χ0n) is 5.55. The molecule has 2 nitrogen and oxygen atoms in total. The van der Waals surface area contributed by atoms with E-state index in [9.17, 15) is 0 Å². The minimum Gasteiger partial charge on any atom is -0.303 e. The summed E-state index contributed by atoms with van der Waals surface area (Å²) in [5, 5.41) is 3.15. The van der Waals surface area contributed by atoms with Gasteiger partial charge in [0.25, 0.3) is 0 Å². The Morgan fingerprint density at radius 3 is 2.70 bits per heavy atom. The van der Waals surface area contributed by atoms with Crippen molar-refractivity contribution in [2.45, 2.75) is 6.54 Å². The number of pyridine rings is 1. The van der Waals surface area contributed by atoms with Crippen LogP contribution in [0.2, 0.25) is 0 Å². The Morgan fingerprint density at radius 1 is 1.40 bits per heavy atom. The number of rotatable bonds is 3. The van der Waals surface area contributed by atoms with Gasteiger partial charge in [-0.15, -0.1) is 0 Å². The first-order chi connectivity index (χ1) is 4.93. The van der Waals surface area contributed by atoms with Gasteiger partial charge in [-0.05, 0) is 17.7 Å². The number of aromatic nitrogens is 1. The van der Waals surface area contributed by atoms with Gasteiger partial charge in [-0.3, -0.25) is 4.98 Å². The van der Waals surface area contributed by atoms with Gasteiger partial charge in [0.2, 0.25) is 0 Å². The first kappa shape index (κ1) is 7.69. The van der Waals surface area contributed by atoms with Crippen LogP contribution in [0.3, 0.4) is 0 Å². The van der Waals surface area contributed by atoms with Gasteiger partial charge in [0.15, 0.2) is 0 Å². The molecule has 54 valence electrons. The van der Waals surface area contributed by atoms with Gasteiger partial charge in [0.1, 0.15) is 0 Å². The third-order valence-corrected chi connectivity index (χ3v) is 1.57. The SMILES string of the molecule is BrCNCc1ccncc1. The first-order valence-corrected chi connectivity index (χ1v) is 4.21. The average Bonchev–Trinajstić information content (AvgIpc) is 2.03. The molecule has 0 bridgehead atoms. The fraction of sp³-hybridized carbons (Fsp3) is 0.286. The van der Waals surface area contributed by atoms with Crippen LogP contribution < -0.4 is 5.32 Å². The highest BCUT2D eigenvalue weighted by Crippen LogP contribution is 1.94. The number of nitrogens with one attached hydrogen (secondary N) is 1. The monoisotopic (exact) mass is 200 g/mol. The highest BCUT2D eigenvalue weighted by Gasteiger charge is 1.86. The highest BCUT2D eigenvalue weighted by molar-refractivity contribution is 9.09. The molecule has 1 aromatic rings. The predicted octanol–water partition coefficient (Wildman–Crippen LogP) is 1.52. The van der Waals surface area contributed by atoms with Gasteiger partial charge in [0, 0.05) is 18.9 Å². The lowest BCUT2D eigenvalue weighted by molar-refractivity contribution is 0.800. The van der Waals surface area contributed by atoms with Crippen molar-refractivity contribution < 1.29 is 0 Å². The molecule has 0 aliphatic heterocycles. The molecular formula is C7H9BrN2. The maximum atomic E-state index is 3.91. The summed E-state index contributed by atoms with van der Waals surface area (Å²) in [6.07, 6.45) is 3.59. The van der Waals surface area contributed by atoms with Gasteiger partial charge < -0.3 is 5.32 Å². The molecule has 1 heterocycles. The average molecular weight is 201 g/mol. The summed E-state index contributed by atoms with van der Waals surface area (Å²) in [5.74, 6) is 0. The summed E-state index contributed by atoms with van der Waals surface area (Å²) in [6.45, 7) is 0.897. The number of alkyl halides is 1. The summed E-state index contributed by atoms with van der Waals surface area (Å²) in [7, 11) is 0. The van der Waals surface area contributed by atoms with Crippen LogP contribution >= 0.6 is 15.9 Å². The molecule has 0 aliphatic rings. The van der Waals surface area contributed by atoms with Crippen LogP contribution in [0.4, 0.5) is 0 Å². The molecule has 0 spiro atoms. The van der Waals surface area contributed by atoms with Crippen LogP contribution in [0.5, 0.6) is 0 Å². The van der Waals surface area contributed by atoms with Crippen LogP contribution in [0, 0.1) is 0 Å². The third-order valence-electron chi connectivity index (χ3n) is 1.17. The van der Waals surface area contributed by atoms with Crippen LogP contribution in [0.1, 0.15) is 5.56 Å². The van der Waals surface area contributed by atoms with Crippen molar-refractivity contribution in [1.29, 1.82) is 0 Å². The van der Waals surface area contributed by atoms with E-state index in [-0.39, 0.29) is 0 Å². The number of nitrogens with zero attached hydrogens (tertiary/aromatic N) is 1. The van der Waals surface area contributed by atoms with Crippen LogP contribution in [-0.4, -0.2) is 10.4 Å². The van der Waals surface area contributed by atoms with Crippen molar-refractivity contribution in [3.8, 4) is 0 Å². The largest absolute Gasteiger partial charge is 0.303 e. The lowest BCUT2D eigenvalue weighted by Crippen LogP contribution is -2.09. The Bertz CT molecular complexity index is 176. The van der Waals surface area contributed by atoms with E-state index in [1.54, 1.807) is 12.4 Å². The molecule has 3 heteroatoms. The maximum absolute atomic E-state index is 3.91. The Hall–Kier alpha value is -0.410. The summed E-state index contributed by atoms with van der Waals surface area (Å²) in [5.41, 5.74) is 2.09. The van der Waals surface area contributed by atoms with Crippen molar-refractivity contribution in [2.75, 3.05) is 5.45 Å². The van der Waals surface area contributed by atoms with Crippen LogP contribution in [0.25, 0.3) is 0 Å². The summed E-state index contributed by atoms with van der Waals surface area (Å²) in [4.78, 5) is 3.91. The summed E-state index contributed by atoms with van der Waals surface area (Å²) in [6, 6.07) is 3.99. The summed E-state index contributed by atoms with van der Waals surface area (Å²) < 4.78 is 0. The fourth-order valence-corrected chi connectivity index (χ4v) is 0.890. The van der Waals surface area contributed by atoms with E-state index in [4.69, 9.17) is 0 Å². The van der Waals surface area contributed by atoms with Crippen molar-refractivity contribution in [2.24, 2.45) is 0 Å². The van der Waals surface area contributed by atoms with E-state index in [1.165, 1.54) is 5.56 Å². The predicted molar refractivity (Wildman–Crippen MR) is 44.9 cm³/mol. The normalized spacial score (nSPS) is 9.70. The lowest BCUT2D eigenvalue weighted by atomic mass is 10.3. The zero-order chi connectivity index (χ0) is 7.23. The molecule has 1 N–H and O–H groups in total. The van der Waals surface area contributed by atoms with E-state index in [0.717, 1.165) is 12.0 Å². The van der Waals surface area contributed by atoms with E-state index >= 15 is 0 Å². The van der Waals surface area contributed by atoms with Gasteiger partial charge in [-0.1, -0.05) is 15.9 Å². The van der Waals surface area contributed by atoms with E-state index in [0.29, 0.717) is 0 Å². The van der Waals surface area contributed by atoms with Crippen molar-refractivity contribution in [1.82, 2.24) is 10.3 Å². The van der Waals surface area contributed by atoms with E-state index in [1.807, 2.05) is 12.1 Å². The molecular weight excluding hydrogens is 192 g/mol. The minimum atomic E-state index is 0.829. The van der Waals surface area contributed by atoms with E-state index < -0.39 is 0 Å².